The molecule has 1 amide bonds. The number of carboxylic acids is 1. The SMILES string of the molecule is O=C(Nc1ccsc1C(=O)O)c1ccccc1O. The second-order valence-electron chi connectivity index (χ2n) is 3.44. The van der Waals surface area contributed by atoms with E-state index in [-0.39, 0.29) is 21.9 Å². The van der Waals surface area contributed by atoms with Gasteiger partial charge in [0.2, 0.25) is 0 Å². The number of carboxylic acid groups (broad SMARTS) is 1. The first-order chi connectivity index (χ1) is 8.59. The van der Waals surface area contributed by atoms with Gasteiger partial charge in [-0.25, -0.2) is 4.79 Å². The number of phenols is 1. The predicted molar refractivity (Wildman–Crippen MR) is 67.3 cm³/mol. The Morgan fingerprint density at radius 1 is 1.17 bits per heavy atom. The van der Waals surface area contributed by atoms with Crippen LogP contribution in [-0.2, 0) is 0 Å². The number of hydrogen-bond acceptors (Lipinski definition) is 4. The molecule has 18 heavy (non-hydrogen) atoms. The van der Waals surface area contributed by atoms with Gasteiger partial charge in [0.1, 0.15) is 10.6 Å². The lowest BCUT2D eigenvalue weighted by atomic mass is 10.2. The maximum absolute atomic E-state index is 11.8. The van der Waals surface area contributed by atoms with Crippen molar-refractivity contribution in [1.29, 1.82) is 0 Å². The fourth-order valence-corrected chi connectivity index (χ4v) is 2.12. The molecule has 5 nitrogen and oxygen atoms in total. The van der Waals surface area contributed by atoms with Crippen LogP contribution in [0.25, 0.3) is 0 Å². The van der Waals surface area contributed by atoms with E-state index >= 15 is 0 Å². The van der Waals surface area contributed by atoms with E-state index in [0.717, 1.165) is 11.3 Å². The Bertz CT molecular complexity index is 606. The van der Waals surface area contributed by atoms with Crippen LogP contribution in [0.3, 0.4) is 0 Å². The maximum Gasteiger partial charge on any atom is 0.348 e. The van der Waals surface area contributed by atoms with Crippen LogP contribution in [0.1, 0.15) is 20.0 Å². The zero-order valence-electron chi connectivity index (χ0n) is 9.08. The topological polar surface area (TPSA) is 86.6 Å². The van der Waals surface area contributed by atoms with Crippen LogP contribution in [0.4, 0.5) is 5.69 Å². The molecule has 6 heteroatoms. The molecule has 0 saturated carbocycles. The molecule has 0 aliphatic rings. The number of carbonyl (C=O) groups is 2. The normalized spacial score (nSPS) is 10.0. The highest BCUT2D eigenvalue weighted by atomic mass is 32.1. The van der Waals surface area contributed by atoms with Crippen molar-refractivity contribution in [3.63, 3.8) is 0 Å². The molecule has 2 aromatic rings. The molecular formula is C12H9NO4S. The first kappa shape index (κ1) is 12.1. The van der Waals surface area contributed by atoms with E-state index in [1.54, 1.807) is 17.5 Å². The lowest BCUT2D eigenvalue weighted by Crippen LogP contribution is -2.13. The minimum atomic E-state index is -1.10. The molecule has 2 rings (SSSR count). The smallest absolute Gasteiger partial charge is 0.348 e. The third-order valence-corrected chi connectivity index (χ3v) is 3.16. The molecule has 3 N–H and O–H groups in total. The van der Waals surface area contributed by atoms with Crippen molar-refractivity contribution in [3.05, 3.63) is 46.2 Å². The molecule has 0 aliphatic heterocycles. The number of amides is 1. The number of thiophene rings is 1. The molecule has 0 radical (unpaired) electrons. The summed E-state index contributed by atoms with van der Waals surface area (Å²) in [5.41, 5.74) is 0.320. The summed E-state index contributed by atoms with van der Waals surface area (Å²) in [5.74, 6) is -1.80. The minimum absolute atomic E-state index is 0.0544. The Kier molecular flexibility index (Phi) is 3.29. The van der Waals surface area contributed by atoms with E-state index in [2.05, 4.69) is 5.32 Å². The van der Waals surface area contributed by atoms with Crippen molar-refractivity contribution >= 4 is 28.9 Å². The van der Waals surface area contributed by atoms with Crippen LogP contribution in [-0.4, -0.2) is 22.1 Å². The summed E-state index contributed by atoms with van der Waals surface area (Å²) in [6.07, 6.45) is 0. The number of anilines is 1. The number of rotatable bonds is 3. The van der Waals surface area contributed by atoms with E-state index in [9.17, 15) is 14.7 Å². The highest BCUT2D eigenvalue weighted by molar-refractivity contribution is 7.12. The summed E-state index contributed by atoms with van der Waals surface area (Å²) in [6, 6.07) is 7.56. The monoisotopic (exact) mass is 263 g/mol. The van der Waals surface area contributed by atoms with Gasteiger partial charge in [-0.05, 0) is 23.6 Å². The number of aromatic carboxylic acids is 1. The summed E-state index contributed by atoms with van der Waals surface area (Å²) in [4.78, 5) is 22.8. The average Bonchev–Trinajstić information content (AvgIpc) is 2.77. The Morgan fingerprint density at radius 2 is 1.89 bits per heavy atom. The molecule has 0 aliphatic carbocycles. The second-order valence-corrected chi connectivity index (χ2v) is 4.36. The van der Waals surface area contributed by atoms with Crippen LogP contribution in [0.5, 0.6) is 5.75 Å². The highest BCUT2D eigenvalue weighted by Crippen LogP contribution is 2.24. The van der Waals surface area contributed by atoms with Crippen LogP contribution < -0.4 is 5.32 Å². The van der Waals surface area contributed by atoms with Gasteiger partial charge in [0.25, 0.3) is 5.91 Å². The number of para-hydroxylation sites is 1. The third kappa shape index (κ3) is 2.33. The first-order valence-electron chi connectivity index (χ1n) is 4.99. The number of carbonyl (C=O) groups excluding carboxylic acids is 1. The van der Waals surface area contributed by atoms with Gasteiger partial charge in [0, 0.05) is 0 Å². The van der Waals surface area contributed by atoms with Gasteiger partial charge in [-0.3, -0.25) is 4.79 Å². The maximum atomic E-state index is 11.8. The number of phenolic OH excluding ortho intramolecular Hbond substituents is 1. The summed E-state index contributed by atoms with van der Waals surface area (Å²) >= 11 is 1.02. The molecule has 0 unspecified atom stereocenters. The zero-order chi connectivity index (χ0) is 13.1. The molecule has 1 heterocycles. The molecule has 0 fully saturated rings. The average molecular weight is 263 g/mol. The van der Waals surface area contributed by atoms with Gasteiger partial charge in [-0.2, -0.15) is 0 Å². The van der Waals surface area contributed by atoms with E-state index in [1.165, 1.54) is 18.2 Å². The van der Waals surface area contributed by atoms with Gasteiger partial charge < -0.3 is 15.5 Å². The van der Waals surface area contributed by atoms with E-state index < -0.39 is 11.9 Å². The standard InChI is InChI=1S/C12H9NO4S/c14-9-4-2-1-3-7(9)11(15)13-8-5-6-18-10(8)12(16)17/h1-6,14H,(H,13,15)(H,16,17). The fourth-order valence-electron chi connectivity index (χ4n) is 1.43. The summed E-state index contributed by atoms with van der Waals surface area (Å²) in [5, 5.41) is 22.4. The summed E-state index contributed by atoms with van der Waals surface area (Å²) < 4.78 is 0. The summed E-state index contributed by atoms with van der Waals surface area (Å²) in [7, 11) is 0. The zero-order valence-corrected chi connectivity index (χ0v) is 9.90. The summed E-state index contributed by atoms with van der Waals surface area (Å²) in [6.45, 7) is 0. The van der Waals surface area contributed by atoms with Crippen molar-refractivity contribution in [2.75, 3.05) is 5.32 Å². The first-order valence-corrected chi connectivity index (χ1v) is 5.87. The largest absolute Gasteiger partial charge is 0.507 e. The lowest BCUT2D eigenvalue weighted by Gasteiger charge is -2.05. The van der Waals surface area contributed by atoms with Crippen LogP contribution in [0.15, 0.2) is 35.7 Å². The number of nitrogens with one attached hydrogen (secondary N) is 1. The van der Waals surface area contributed by atoms with Crippen molar-refractivity contribution in [2.24, 2.45) is 0 Å². The molecule has 0 atom stereocenters. The predicted octanol–water partition coefficient (Wildman–Crippen LogP) is 2.40. The van der Waals surface area contributed by atoms with Crippen molar-refractivity contribution < 1.29 is 19.8 Å². The van der Waals surface area contributed by atoms with Crippen LogP contribution in [0, 0.1) is 0 Å². The van der Waals surface area contributed by atoms with E-state index in [0.29, 0.717) is 0 Å². The number of hydrogen-bond donors (Lipinski definition) is 3. The van der Waals surface area contributed by atoms with E-state index in [1.807, 2.05) is 0 Å². The third-order valence-electron chi connectivity index (χ3n) is 2.26. The Hall–Kier alpha value is -2.34. The molecule has 1 aromatic heterocycles. The van der Waals surface area contributed by atoms with Gasteiger partial charge in [-0.15, -0.1) is 11.3 Å². The van der Waals surface area contributed by atoms with Crippen molar-refractivity contribution in [2.45, 2.75) is 0 Å². The lowest BCUT2D eigenvalue weighted by molar-refractivity contribution is 0.0703. The quantitative estimate of drug-likeness (QED) is 0.793. The Balaban J connectivity index is 2.25. The van der Waals surface area contributed by atoms with Gasteiger partial charge in [0.15, 0.2) is 0 Å². The molecule has 1 aromatic carbocycles. The second kappa shape index (κ2) is 4.89. The van der Waals surface area contributed by atoms with E-state index in [4.69, 9.17) is 5.11 Å². The van der Waals surface area contributed by atoms with Gasteiger partial charge in [-0.1, -0.05) is 12.1 Å². The molecule has 0 saturated heterocycles. The molecule has 92 valence electrons. The fraction of sp³-hybridized carbons (Fsp3) is 0. The molecule has 0 bridgehead atoms. The van der Waals surface area contributed by atoms with Crippen LogP contribution in [0.2, 0.25) is 0 Å². The Labute approximate surface area is 106 Å². The van der Waals surface area contributed by atoms with Crippen molar-refractivity contribution in [1.82, 2.24) is 0 Å². The highest BCUT2D eigenvalue weighted by Gasteiger charge is 2.16. The van der Waals surface area contributed by atoms with Gasteiger partial charge >= 0.3 is 5.97 Å². The number of benzene rings is 1. The Morgan fingerprint density at radius 3 is 2.56 bits per heavy atom. The van der Waals surface area contributed by atoms with Gasteiger partial charge in [0.05, 0.1) is 11.3 Å². The van der Waals surface area contributed by atoms with Crippen molar-refractivity contribution in [3.8, 4) is 5.75 Å². The minimum Gasteiger partial charge on any atom is -0.507 e. The number of aromatic hydroxyl groups is 1. The van der Waals surface area contributed by atoms with Crippen LogP contribution >= 0.6 is 11.3 Å². The molecule has 0 spiro atoms. The molecular weight excluding hydrogens is 254 g/mol.